The maximum atomic E-state index is 5.99. The fourth-order valence-electron chi connectivity index (χ4n) is 2.79. The van der Waals surface area contributed by atoms with E-state index in [1.165, 1.54) is 29.7 Å². The molecule has 0 atom stereocenters. The molecule has 0 spiro atoms. The zero-order valence-electron chi connectivity index (χ0n) is 11.6. The van der Waals surface area contributed by atoms with Gasteiger partial charge in [0, 0.05) is 9.75 Å². The van der Waals surface area contributed by atoms with E-state index in [2.05, 4.69) is 21.4 Å². The summed E-state index contributed by atoms with van der Waals surface area (Å²) in [5.41, 5.74) is 9.21. The molecule has 1 aromatic carbocycles. The number of aromatic nitrogens is 2. The molecule has 106 valence electrons. The molecule has 0 saturated carbocycles. The summed E-state index contributed by atoms with van der Waals surface area (Å²) in [5.74, 6) is 1.13. The Morgan fingerprint density at radius 3 is 2.76 bits per heavy atom. The molecule has 2 heterocycles. The lowest BCUT2D eigenvalue weighted by atomic mass is 10.2. The summed E-state index contributed by atoms with van der Waals surface area (Å²) in [6.07, 6.45) is 3.76. The van der Waals surface area contributed by atoms with Crippen molar-refractivity contribution < 1.29 is 0 Å². The van der Waals surface area contributed by atoms with E-state index in [1.54, 1.807) is 4.88 Å². The quantitative estimate of drug-likeness (QED) is 0.778. The molecular formula is C16H16N4S. The van der Waals surface area contributed by atoms with E-state index >= 15 is 0 Å². The van der Waals surface area contributed by atoms with Crippen LogP contribution in [0.15, 0.2) is 30.3 Å². The second kappa shape index (κ2) is 5.00. The Balaban J connectivity index is 1.57. The van der Waals surface area contributed by atoms with Crippen molar-refractivity contribution in [2.75, 3.05) is 11.1 Å². The lowest BCUT2D eigenvalue weighted by Crippen LogP contribution is -2.05. The molecule has 0 aliphatic heterocycles. The number of anilines is 2. The van der Waals surface area contributed by atoms with Gasteiger partial charge in [-0.05, 0) is 43.0 Å². The summed E-state index contributed by atoms with van der Waals surface area (Å²) < 4.78 is 0. The number of fused-ring (bicyclic) bond motifs is 2. The van der Waals surface area contributed by atoms with Crippen LogP contribution in [0.4, 0.5) is 11.6 Å². The Hall–Kier alpha value is -2.14. The van der Waals surface area contributed by atoms with E-state index < -0.39 is 0 Å². The van der Waals surface area contributed by atoms with Crippen LogP contribution in [0.2, 0.25) is 0 Å². The monoisotopic (exact) mass is 296 g/mol. The van der Waals surface area contributed by atoms with E-state index in [-0.39, 0.29) is 0 Å². The lowest BCUT2D eigenvalue weighted by molar-refractivity contribution is 0.913. The van der Waals surface area contributed by atoms with Crippen LogP contribution in [0, 0.1) is 0 Å². The largest absolute Gasteiger partial charge is 0.381 e. The number of benzene rings is 1. The van der Waals surface area contributed by atoms with Gasteiger partial charge in [-0.15, -0.1) is 11.3 Å². The molecule has 4 nitrogen and oxygen atoms in total. The fourth-order valence-corrected chi connectivity index (χ4v) is 3.99. The van der Waals surface area contributed by atoms with Crippen LogP contribution in [-0.4, -0.2) is 9.97 Å². The average molecular weight is 296 g/mol. The van der Waals surface area contributed by atoms with Crippen LogP contribution >= 0.6 is 11.3 Å². The molecule has 4 rings (SSSR count). The summed E-state index contributed by atoms with van der Waals surface area (Å²) in [6.45, 7) is 0.759. The molecule has 0 fully saturated rings. The van der Waals surface area contributed by atoms with Crippen molar-refractivity contribution in [1.82, 2.24) is 9.97 Å². The van der Waals surface area contributed by atoms with Crippen molar-refractivity contribution in [1.29, 1.82) is 0 Å². The van der Waals surface area contributed by atoms with Gasteiger partial charge in [0.05, 0.1) is 17.6 Å². The van der Waals surface area contributed by atoms with Crippen LogP contribution in [-0.2, 0) is 19.4 Å². The van der Waals surface area contributed by atoms with E-state index in [1.807, 2.05) is 35.6 Å². The standard InChI is InChI=1S/C16H16N4S/c17-15-16(20-13-6-2-1-5-12(13)19-15)18-9-11-8-10-4-3-7-14(10)21-11/h1-2,5-6,8H,3-4,7,9H2,(H2,17,19)(H,18,20). The van der Waals surface area contributed by atoms with Crippen molar-refractivity contribution in [3.05, 3.63) is 45.6 Å². The van der Waals surface area contributed by atoms with Crippen molar-refractivity contribution >= 4 is 34.0 Å². The zero-order valence-corrected chi connectivity index (χ0v) is 12.4. The number of hydrogen-bond acceptors (Lipinski definition) is 5. The Morgan fingerprint density at radius 1 is 1.14 bits per heavy atom. The first-order valence-corrected chi connectivity index (χ1v) is 7.98. The SMILES string of the molecule is Nc1nc2ccccc2nc1NCc1cc2c(s1)CCC2. The van der Waals surface area contributed by atoms with Gasteiger partial charge in [0.25, 0.3) is 0 Å². The van der Waals surface area contributed by atoms with Gasteiger partial charge in [0.15, 0.2) is 11.6 Å². The van der Waals surface area contributed by atoms with Gasteiger partial charge in [0.2, 0.25) is 0 Å². The number of nitrogens with two attached hydrogens (primary N) is 1. The van der Waals surface area contributed by atoms with Crippen molar-refractivity contribution in [2.24, 2.45) is 0 Å². The Bertz CT molecular complexity index is 788. The highest BCUT2D eigenvalue weighted by Crippen LogP contribution is 2.31. The number of nitrogen functional groups attached to an aromatic ring is 1. The molecule has 2 aromatic heterocycles. The Morgan fingerprint density at radius 2 is 1.95 bits per heavy atom. The number of hydrogen-bond donors (Lipinski definition) is 2. The summed E-state index contributed by atoms with van der Waals surface area (Å²) in [4.78, 5) is 11.8. The first-order valence-electron chi connectivity index (χ1n) is 7.16. The van der Waals surface area contributed by atoms with Gasteiger partial charge in [-0.1, -0.05) is 12.1 Å². The molecule has 0 bridgehead atoms. The van der Waals surface area contributed by atoms with Gasteiger partial charge in [-0.2, -0.15) is 0 Å². The highest BCUT2D eigenvalue weighted by atomic mass is 32.1. The van der Waals surface area contributed by atoms with Crippen molar-refractivity contribution in [3.63, 3.8) is 0 Å². The number of para-hydroxylation sites is 2. The van der Waals surface area contributed by atoms with E-state index in [9.17, 15) is 0 Å². The van der Waals surface area contributed by atoms with Crippen LogP contribution in [0.1, 0.15) is 21.7 Å². The lowest BCUT2D eigenvalue weighted by Gasteiger charge is -2.08. The number of nitrogens with zero attached hydrogens (tertiary/aromatic N) is 2. The van der Waals surface area contributed by atoms with Gasteiger partial charge in [0.1, 0.15) is 0 Å². The van der Waals surface area contributed by atoms with Crippen LogP contribution in [0.3, 0.4) is 0 Å². The van der Waals surface area contributed by atoms with Gasteiger partial charge >= 0.3 is 0 Å². The highest BCUT2D eigenvalue weighted by molar-refractivity contribution is 7.12. The topological polar surface area (TPSA) is 63.8 Å². The molecule has 5 heteroatoms. The van der Waals surface area contributed by atoms with Crippen LogP contribution in [0.5, 0.6) is 0 Å². The average Bonchev–Trinajstić information content (AvgIpc) is 3.06. The minimum atomic E-state index is 0.456. The normalized spacial score (nSPS) is 13.5. The molecule has 0 radical (unpaired) electrons. The Labute approximate surface area is 127 Å². The third-order valence-corrected chi connectivity index (χ3v) is 5.06. The molecule has 1 aliphatic carbocycles. The second-order valence-corrected chi connectivity index (χ2v) is 6.54. The Kier molecular flexibility index (Phi) is 3.00. The number of rotatable bonds is 3. The smallest absolute Gasteiger partial charge is 0.169 e. The molecule has 1 aliphatic rings. The predicted molar refractivity (Wildman–Crippen MR) is 87.6 cm³/mol. The third-order valence-electron chi connectivity index (χ3n) is 3.83. The molecule has 21 heavy (non-hydrogen) atoms. The maximum Gasteiger partial charge on any atom is 0.169 e. The summed E-state index contributed by atoms with van der Waals surface area (Å²) >= 11 is 1.90. The van der Waals surface area contributed by atoms with Gasteiger partial charge < -0.3 is 11.1 Å². The van der Waals surface area contributed by atoms with Crippen molar-refractivity contribution in [2.45, 2.75) is 25.8 Å². The predicted octanol–water partition coefficient (Wildman–Crippen LogP) is 3.37. The van der Waals surface area contributed by atoms with Crippen LogP contribution < -0.4 is 11.1 Å². The van der Waals surface area contributed by atoms with Gasteiger partial charge in [-0.25, -0.2) is 9.97 Å². The zero-order chi connectivity index (χ0) is 14.2. The minimum Gasteiger partial charge on any atom is -0.381 e. The van der Waals surface area contributed by atoms with Gasteiger partial charge in [-0.3, -0.25) is 0 Å². The third kappa shape index (κ3) is 2.34. The summed E-state index contributed by atoms with van der Waals surface area (Å²) in [7, 11) is 0. The molecule has 3 aromatic rings. The molecule has 0 saturated heterocycles. The molecular weight excluding hydrogens is 280 g/mol. The number of nitrogens with one attached hydrogen (secondary N) is 1. The molecule has 0 unspecified atom stereocenters. The summed E-state index contributed by atoms with van der Waals surface area (Å²) in [6, 6.07) is 10.1. The summed E-state index contributed by atoms with van der Waals surface area (Å²) in [5, 5.41) is 3.32. The first-order chi connectivity index (χ1) is 10.3. The second-order valence-electron chi connectivity index (χ2n) is 5.31. The van der Waals surface area contributed by atoms with E-state index in [4.69, 9.17) is 5.73 Å². The van der Waals surface area contributed by atoms with Crippen LogP contribution in [0.25, 0.3) is 11.0 Å². The van der Waals surface area contributed by atoms with E-state index in [0.717, 1.165) is 17.6 Å². The minimum absolute atomic E-state index is 0.456. The maximum absolute atomic E-state index is 5.99. The fraction of sp³-hybridized carbons (Fsp3) is 0.250. The van der Waals surface area contributed by atoms with Crippen molar-refractivity contribution in [3.8, 4) is 0 Å². The first kappa shape index (κ1) is 12.6. The van der Waals surface area contributed by atoms with E-state index in [0.29, 0.717) is 11.6 Å². The number of thiophene rings is 1. The number of aryl methyl sites for hydroxylation is 2. The molecule has 0 amide bonds. The highest BCUT2D eigenvalue weighted by Gasteiger charge is 2.15. The molecule has 3 N–H and O–H groups in total.